The lowest BCUT2D eigenvalue weighted by atomic mass is 10.3. The number of nitrogens with one attached hydrogen (secondary N) is 3. The fourth-order valence-electron chi connectivity index (χ4n) is 1.42. The maximum absolute atomic E-state index is 13.2. The zero-order valence-electron chi connectivity index (χ0n) is 10.0. The first-order chi connectivity index (χ1) is 9.04. The predicted octanol–water partition coefficient (Wildman–Crippen LogP) is 1.36. The highest BCUT2D eigenvalue weighted by molar-refractivity contribution is 5.92. The lowest BCUT2D eigenvalue weighted by Gasteiger charge is -2.08. The zero-order valence-corrected chi connectivity index (χ0v) is 10.0. The van der Waals surface area contributed by atoms with Crippen LogP contribution in [0.4, 0.5) is 19.3 Å². The summed E-state index contributed by atoms with van der Waals surface area (Å²) in [4.78, 5) is 22.7. The normalized spacial score (nSPS) is 13.8. The van der Waals surface area contributed by atoms with Crippen molar-refractivity contribution in [1.29, 1.82) is 0 Å². The van der Waals surface area contributed by atoms with Crippen LogP contribution in [0.1, 0.15) is 12.8 Å². The van der Waals surface area contributed by atoms with Crippen LogP contribution in [0.15, 0.2) is 18.2 Å². The van der Waals surface area contributed by atoms with Gasteiger partial charge in [-0.3, -0.25) is 4.79 Å². The third-order valence-corrected chi connectivity index (χ3v) is 2.53. The molecule has 1 aromatic rings. The molecule has 7 heteroatoms. The molecule has 0 heterocycles. The molecule has 3 amide bonds. The number of anilines is 1. The van der Waals surface area contributed by atoms with Gasteiger partial charge in [0.15, 0.2) is 0 Å². The van der Waals surface area contributed by atoms with Crippen LogP contribution in [-0.2, 0) is 4.79 Å². The van der Waals surface area contributed by atoms with Gasteiger partial charge in [-0.1, -0.05) is 0 Å². The molecule has 1 fully saturated rings. The van der Waals surface area contributed by atoms with Crippen molar-refractivity contribution in [2.45, 2.75) is 18.9 Å². The summed E-state index contributed by atoms with van der Waals surface area (Å²) in [6, 6.07) is 2.28. The van der Waals surface area contributed by atoms with Crippen molar-refractivity contribution >= 4 is 17.6 Å². The average Bonchev–Trinajstić information content (AvgIpc) is 3.14. The molecule has 1 aliphatic rings. The van der Waals surface area contributed by atoms with E-state index in [1.54, 1.807) is 0 Å². The van der Waals surface area contributed by atoms with Gasteiger partial charge in [-0.2, -0.15) is 0 Å². The van der Waals surface area contributed by atoms with Gasteiger partial charge < -0.3 is 16.0 Å². The van der Waals surface area contributed by atoms with Crippen molar-refractivity contribution in [2.75, 3.05) is 11.9 Å². The van der Waals surface area contributed by atoms with Crippen LogP contribution in [0.25, 0.3) is 0 Å². The number of carbonyl (C=O) groups excluding carboxylic acids is 2. The standard InChI is InChI=1S/C12H13F2N3O2/c13-7-1-4-10(9(14)5-7)17-12(19)15-6-11(18)16-8-2-3-8/h1,4-5,8H,2-3,6H2,(H,16,18)(H2,15,17,19). The molecule has 102 valence electrons. The molecule has 0 unspecified atom stereocenters. The molecule has 19 heavy (non-hydrogen) atoms. The second-order valence-corrected chi connectivity index (χ2v) is 4.27. The minimum atomic E-state index is -0.877. The number of hydrogen-bond donors (Lipinski definition) is 3. The summed E-state index contributed by atoms with van der Waals surface area (Å²) in [5.41, 5.74) is -0.151. The minimum absolute atomic E-state index is 0.151. The number of hydrogen-bond acceptors (Lipinski definition) is 2. The van der Waals surface area contributed by atoms with Crippen molar-refractivity contribution in [1.82, 2.24) is 10.6 Å². The Bertz CT molecular complexity index is 504. The Balaban J connectivity index is 1.78. The largest absolute Gasteiger partial charge is 0.352 e. The molecule has 0 radical (unpaired) electrons. The highest BCUT2D eigenvalue weighted by atomic mass is 19.1. The number of urea groups is 1. The molecule has 3 N–H and O–H groups in total. The molecule has 0 atom stereocenters. The SMILES string of the molecule is O=C(CNC(=O)Nc1ccc(F)cc1F)NC1CC1. The van der Waals surface area contributed by atoms with Crippen LogP contribution >= 0.6 is 0 Å². The quantitative estimate of drug-likeness (QED) is 0.772. The summed E-state index contributed by atoms with van der Waals surface area (Å²) in [5.74, 6) is -1.90. The van der Waals surface area contributed by atoms with Gasteiger partial charge >= 0.3 is 6.03 Å². The van der Waals surface area contributed by atoms with Gasteiger partial charge in [-0.05, 0) is 25.0 Å². The van der Waals surface area contributed by atoms with Crippen molar-refractivity contribution in [3.63, 3.8) is 0 Å². The molecule has 1 aliphatic carbocycles. The van der Waals surface area contributed by atoms with Crippen LogP contribution in [0.2, 0.25) is 0 Å². The predicted molar refractivity (Wildman–Crippen MR) is 64.5 cm³/mol. The van der Waals surface area contributed by atoms with E-state index in [4.69, 9.17) is 0 Å². The third kappa shape index (κ3) is 4.20. The second-order valence-electron chi connectivity index (χ2n) is 4.27. The van der Waals surface area contributed by atoms with Gasteiger partial charge in [-0.15, -0.1) is 0 Å². The minimum Gasteiger partial charge on any atom is -0.352 e. The van der Waals surface area contributed by atoms with Crippen molar-refractivity contribution in [3.8, 4) is 0 Å². The first kappa shape index (κ1) is 13.3. The Morgan fingerprint density at radius 3 is 2.63 bits per heavy atom. The number of halogens is 2. The van der Waals surface area contributed by atoms with E-state index in [0.717, 1.165) is 25.0 Å². The molecule has 0 aliphatic heterocycles. The van der Waals surface area contributed by atoms with E-state index in [-0.39, 0.29) is 24.2 Å². The van der Waals surface area contributed by atoms with Gasteiger partial charge in [0, 0.05) is 12.1 Å². The lowest BCUT2D eigenvalue weighted by molar-refractivity contribution is -0.120. The molecule has 0 saturated heterocycles. The highest BCUT2D eigenvalue weighted by Crippen LogP contribution is 2.18. The second kappa shape index (κ2) is 5.64. The van der Waals surface area contributed by atoms with Gasteiger partial charge in [0.1, 0.15) is 11.6 Å². The van der Waals surface area contributed by atoms with Gasteiger partial charge in [-0.25, -0.2) is 13.6 Å². The van der Waals surface area contributed by atoms with E-state index in [1.165, 1.54) is 0 Å². The Morgan fingerprint density at radius 1 is 1.26 bits per heavy atom. The van der Waals surface area contributed by atoms with Gasteiger partial charge in [0.2, 0.25) is 5.91 Å². The molecule has 1 aromatic carbocycles. The van der Waals surface area contributed by atoms with Gasteiger partial charge in [0.05, 0.1) is 12.2 Å². The first-order valence-electron chi connectivity index (χ1n) is 5.84. The molecule has 0 bridgehead atoms. The Kier molecular flexibility index (Phi) is 3.94. The van der Waals surface area contributed by atoms with E-state index < -0.39 is 17.7 Å². The van der Waals surface area contributed by atoms with Gasteiger partial charge in [0.25, 0.3) is 0 Å². The fraction of sp³-hybridized carbons (Fsp3) is 0.333. The Labute approximate surface area is 108 Å². The molecule has 1 saturated carbocycles. The Hall–Kier alpha value is -2.18. The summed E-state index contributed by atoms with van der Waals surface area (Å²) >= 11 is 0. The summed E-state index contributed by atoms with van der Waals surface area (Å²) in [5, 5.41) is 7.16. The monoisotopic (exact) mass is 269 g/mol. The third-order valence-electron chi connectivity index (χ3n) is 2.53. The van der Waals surface area contributed by atoms with E-state index in [2.05, 4.69) is 16.0 Å². The van der Waals surface area contributed by atoms with Crippen LogP contribution < -0.4 is 16.0 Å². The maximum atomic E-state index is 13.2. The fourth-order valence-corrected chi connectivity index (χ4v) is 1.42. The number of carbonyl (C=O) groups is 2. The molecule has 0 spiro atoms. The zero-order chi connectivity index (χ0) is 13.8. The van der Waals surface area contributed by atoms with E-state index in [0.29, 0.717) is 6.07 Å². The molecule has 5 nitrogen and oxygen atoms in total. The molecular weight excluding hydrogens is 256 g/mol. The first-order valence-corrected chi connectivity index (χ1v) is 5.84. The summed E-state index contributed by atoms with van der Waals surface area (Å²) in [7, 11) is 0. The number of benzene rings is 1. The van der Waals surface area contributed by atoms with E-state index in [1.807, 2.05) is 0 Å². The van der Waals surface area contributed by atoms with Crippen molar-refractivity contribution in [3.05, 3.63) is 29.8 Å². The van der Waals surface area contributed by atoms with Crippen LogP contribution in [0, 0.1) is 11.6 Å². The summed E-state index contributed by atoms with van der Waals surface area (Å²) < 4.78 is 25.9. The van der Waals surface area contributed by atoms with Crippen molar-refractivity contribution in [2.24, 2.45) is 0 Å². The van der Waals surface area contributed by atoms with Crippen LogP contribution in [0.3, 0.4) is 0 Å². The van der Waals surface area contributed by atoms with E-state index >= 15 is 0 Å². The summed E-state index contributed by atoms with van der Waals surface area (Å²) in [6.07, 6.45) is 1.91. The average molecular weight is 269 g/mol. The molecule has 0 aromatic heterocycles. The Morgan fingerprint density at radius 2 is 2.00 bits per heavy atom. The molecule has 2 rings (SSSR count). The van der Waals surface area contributed by atoms with Crippen molar-refractivity contribution < 1.29 is 18.4 Å². The smallest absolute Gasteiger partial charge is 0.319 e. The van der Waals surface area contributed by atoms with Crippen LogP contribution in [-0.4, -0.2) is 24.5 Å². The maximum Gasteiger partial charge on any atom is 0.319 e. The lowest BCUT2D eigenvalue weighted by Crippen LogP contribution is -2.39. The summed E-state index contributed by atoms with van der Waals surface area (Å²) in [6.45, 7) is -0.189. The van der Waals surface area contributed by atoms with Crippen LogP contribution in [0.5, 0.6) is 0 Å². The van der Waals surface area contributed by atoms with E-state index in [9.17, 15) is 18.4 Å². The number of rotatable bonds is 4. The highest BCUT2D eigenvalue weighted by Gasteiger charge is 2.23. The number of amides is 3. The molecular formula is C12H13F2N3O2. The topological polar surface area (TPSA) is 70.2 Å².